The van der Waals surface area contributed by atoms with Crippen LogP contribution in [-0.4, -0.2) is 40.9 Å². The number of hydrogen-bond acceptors (Lipinski definition) is 5. The second-order valence-electron chi connectivity index (χ2n) is 7.12. The van der Waals surface area contributed by atoms with Gasteiger partial charge < -0.3 is 15.4 Å². The number of amides is 2. The standard InChI is InChI=1S/C17H26N4O4/c1-17(2,3)25-16(24)19-10-14(22)18-9-8-13-11-6-4-5-7-12(11)15(23)21-20-13/h4-10H2,1-3H3,(H,18,22)(H,19,24)(H,21,23). The first-order chi connectivity index (χ1) is 11.8. The number of alkyl carbamates (subject to hydrolysis) is 1. The summed E-state index contributed by atoms with van der Waals surface area (Å²) < 4.78 is 5.06. The fourth-order valence-corrected chi connectivity index (χ4v) is 2.78. The number of aromatic amines is 1. The molecule has 0 aromatic carbocycles. The van der Waals surface area contributed by atoms with Crippen molar-refractivity contribution in [1.82, 2.24) is 20.8 Å². The zero-order valence-corrected chi connectivity index (χ0v) is 15.0. The molecule has 1 aliphatic rings. The number of hydrogen-bond donors (Lipinski definition) is 3. The van der Waals surface area contributed by atoms with E-state index < -0.39 is 11.7 Å². The lowest BCUT2D eigenvalue weighted by atomic mass is 9.91. The van der Waals surface area contributed by atoms with Gasteiger partial charge in [-0.15, -0.1) is 0 Å². The number of ether oxygens (including phenoxy) is 1. The minimum Gasteiger partial charge on any atom is -0.444 e. The molecule has 2 amide bonds. The van der Waals surface area contributed by atoms with Gasteiger partial charge in [0.1, 0.15) is 5.60 Å². The molecule has 25 heavy (non-hydrogen) atoms. The second kappa shape index (κ2) is 8.13. The highest BCUT2D eigenvalue weighted by atomic mass is 16.6. The molecule has 3 N–H and O–H groups in total. The lowest BCUT2D eigenvalue weighted by molar-refractivity contribution is -0.120. The van der Waals surface area contributed by atoms with Gasteiger partial charge in [-0.2, -0.15) is 5.10 Å². The van der Waals surface area contributed by atoms with Crippen molar-refractivity contribution in [3.8, 4) is 0 Å². The minimum atomic E-state index is -0.626. The molecule has 138 valence electrons. The van der Waals surface area contributed by atoms with Crippen molar-refractivity contribution in [2.45, 2.75) is 58.5 Å². The molecule has 0 spiro atoms. The smallest absolute Gasteiger partial charge is 0.408 e. The molecular weight excluding hydrogens is 324 g/mol. The first kappa shape index (κ1) is 19.0. The number of nitrogens with zero attached hydrogens (tertiary/aromatic N) is 1. The average molecular weight is 350 g/mol. The van der Waals surface area contributed by atoms with Crippen molar-refractivity contribution in [2.24, 2.45) is 0 Å². The number of aromatic nitrogens is 2. The third-order valence-electron chi connectivity index (χ3n) is 3.86. The van der Waals surface area contributed by atoms with E-state index in [0.717, 1.165) is 42.5 Å². The number of carbonyl (C=O) groups excluding carboxylic acids is 2. The van der Waals surface area contributed by atoms with Crippen LogP contribution in [0, 0.1) is 0 Å². The van der Waals surface area contributed by atoms with Crippen molar-refractivity contribution in [3.63, 3.8) is 0 Å². The van der Waals surface area contributed by atoms with Crippen molar-refractivity contribution in [1.29, 1.82) is 0 Å². The van der Waals surface area contributed by atoms with Crippen LogP contribution in [0.15, 0.2) is 4.79 Å². The van der Waals surface area contributed by atoms with E-state index in [-0.39, 0.29) is 18.0 Å². The van der Waals surface area contributed by atoms with E-state index in [1.165, 1.54) is 0 Å². The van der Waals surface area contributed by atoms with Crippen LogP contribution >= 0.6 is 0 Å². The van der Waals surface area contributed by atoms with Gasteiger partial charge in [0.2, 0.25) is 5.91 Å². The predicted molar refractivity (Wildman–Crippen MR) is 92.5 cm³/mol. The molecule has 0 unspecified atom stereocenters. The van der Waals surface area contributed by atoms with Crippen LogP contribution in [0.5, 0.6) is 0 Å². The Hall–Kier alpha value is -2.38. The maximum atomic E-state index is 11.8. The minimum absolute atomic E-state index is 0.107. The molecule has 8 nitrogen and oxygen atoms in total. The van der Waals surface area contributed by atoms with Crippen molar-refractivity contribution >= 4 is 12.0 Å². The Morgan fingerprint density at radius 3 is 2.52 bits per heavy atom. The summed E-state index contributed by atoms with van der Waals surface area (Å²) in [6.45, 7) is 5.51. The van der Waals surface area contributed by atoms with Crippen LogP contribution in [-0.2, 0) is 28.8 Å². The van der Waals surface area contributed by atoms with Gasteiger partial charge in [-0.05, 0) is 52.0 Å². The van der Waals surface area contributed by atoms with Gasteiger partial charge in [0.15, 0.2) is 0 Å². The van der Waals surface area contributed by atoms with Gasteiger partial charge in [0.05, 0.1) is 12.2 Å². The van der Waals surface area contributed by atoms with Crippen LogP contribution in [0.3, 0.4) is 0 Å². The monoisotopic (exact) mass is 350 g/mol. The molecule has 0 saturated carbocycles. The Bertz CT molecular complexity index is 691. The highest BCUT2D eigenvalue weighted by Crippen LogP contribution is 2.20. The molecule has 1 heterocycles. The van der Waals surface area contributed by atoms with E-state index in [2.05, 4.69) is 20.8 Å². The summed E-state index contributed by atoms with van der Waals surface area (Å²) in [4.78, 5) is 35.1. The number of nitrogens with one attached hydrogen (secondary N) is 3. The first-order valence-corrected chi connectivity index (χ1v) is 8.59. The number of H-pyrrole nitrogens is 1. The quantitative estimate of drug-likeness (QED) is 0.728. The van der Waals surface area contributed by atoms with E-state index in [4.69, 9.17) is 4.74 Å². The van der Waals surface area contributed by atoms with E-state index in [0.29, 0.717) is 13.0 Å². The van der Waals surface area contributed by atoms with Crippen molar-refractivity contribution < 1.29 is 14.3 Å². The normalized spacial score (nSPS) is 13.7. The van der Waals surface area contributed by atoms with Gasteiger partial charge in [-0.1, -0.05) is 0 Å². The highest BCUT2D eigenvalue weighted by Gasteiger charge is 2.18. The Kier molecular flexibility index (Phi) is 6.17. The maximum Gasteiger partial charge on any atom is 0.408 e. The average Bonchev–Trinajstić information content (AvgIpc) is 2.54. The molecule has 0 atom stereocenters. The largest absolute Gasteiger partial charge is 0.444 e. The van der Waals surface area contributed by atoms with Gasteiger partial charge in [0.25, 0.3) is 5.56 Å². The molecule has 0 radical (unpaired) electrons. The van der Waals surface area contributed by atoms with Crippen molar-refractivity contribution in [3.05, 3.63) is 27.2 Å². The molecular formula is C17H26N4O4. The summed E-state index contributed by atoms with van der Waals surface area (Å²) in [5, 5.41) is 11.8. The SMILES string of the molecule is CC(C)(C)OC(=O)NCC(=O)NCCc1n[nH]c(=O)c2c1CCCC2. The Balaban J connectivity index is 1.78. The van der Waals surface area contributed by atoms with Gasteiger partial charge in [-0.3, -0.25) is 9.59 Å². The third-order valence-corrected chi connectivity index (χ3v) is 3.86. The van der Waals surface area contributed by atoms with Gasteiger partial charge in [-0.25, -0.2) is 9.89 Å². The van der Waals surface area contributed by atoms with Gasteiger partial charge >= 0.3 is 6.09 Å². The Morgan fingerprint density at radius 1 is 1.16 bits per heavy atom. The van der Waals surface area contributed by atoms with E-state index >= 15 is 0 Å². The molecule has 1 aliphatic carbocycles. The summed E-state index contributed by atoms with van der Waals surface area (Å²) in [7, 11) is 0. The second-order valence-corrected chi connectivity index (χ2v) is 7.12. The van der Waals surface area contributed by atoms with Crippen LogP contribution in [0.4, 0.5) is 4.79 Å². The lowest BCUT2D eigenvalue weighted by Crippen LogP contribution is -2.40. The van der Waals surface area contributed by atoms with E-state index in [9.17, 15) is 14.4 Å². The Morgan fingerprint density at radius 2 is 1.84 bits per heavy atom. The highest BCUT2D eigenvalue weighted by molar-refractivity contribution is 5.82. The van der Waals surface area contributed by atoms with Crippen LogP contribution in [0.1, 0.15) is 50.4 Å². The summed E-state index contributed by atoms with van der Waals surface area (Å²) >= 11 is 0. The van der Waals surface area contributed by atoms with E-state index in [1.807, 2.05) is 0 Å². The van der Waals surface area contributed by atoms with E-state index in [1.54, 1.807) is 20.8 Å². The first-order valence-electron chi connectivity index (χ1n) is 8.59. The summed E-state index contributed by atoms with van der Waals surface area (Å²) in [5.41, 5.74) is 1.97. The maximum absolute atomic E-state index is 11.8. The molecule has 2 rings (SSSR count). The number of rotatable bonds is 5. The number of carbonyl (C=O) groups is 2. The molecule has 0 aliphatic heterocycles. The van der Waals surface area contributed by atoms with Crippen LogP contribution in [0.2, 0.25) is 0 Å². The predicted octanol–water partition coefficient (Wildman–Crippen LogP) is 0.832. The molecule has 0 bridgehead atoms. The van der Waals surface area contributed by atoms with Crippen LogP contribution < -0.4 is 16.2 Å². The fourth-order valence-electron chi connectivity index (χ4n) is 2.78. The molecule has 1 aromatic rings. The van der Waals surface area contributed by atoms with Gasteiger partial charge in [0, 0.05) is 18.5 Å². The zero-order chi connectivity index (χ0) is 18.4. The lowest BCUT2D eigenvalue weighted by Gasteiger charge is -2.19. The molecule has 0 saturated heterocycles. The number of fused-ring (bicyclic) bond motifs is 1. The molecule has 8 heteroatoms. The van der Waals surface area contributed by atoms with Crippen LogP contribution in [0.25, 0.3) is 0 Å². The van der Waals surface area contributed by atoms with Crippen molar-refractivity contribution in [2.75, 3.05) is 13.1 Å². The molecule has 0 fully saturated rings. The molecule has 1 aromatic heterocycles. The summed E-state index contributed by atoms with van der Waals surface area (Å²) in [5.74, 6) is -0.302. The summed E-state index contributed by atoms with van der Waals surface area (Å²) in [6, 6.07) is 0. The fraction of sp³-hybridized carbons (Fsp3) is 0.647. The Labute approximate surface area is 146 Å². The third kappa shape index (κ3) is 5.88. The summed E-state index contributed by atoms with van der Waals surface area (Å²) in [6.07, 6.45) is 3.63. The zero-order valence-electron chi connectivity index (χ0n) is 15.0. The topological polar surface area (TPSA) is 113 Å².